The molecule has 0 saturated heterocycles. The van der Waals surface area contributed by atoms with Crippen molar-refractivity contribution in [3.05, 3.63) is 59.2 Å². The van der Waals surface area contributed by atoms with Crippen LogP contribution in [0.3, 0.4) is 0 Å². The van der Waals surface area contributed by atoms with Crippen molar-refractivity contribution in [2.45, 2.75) is 6.61 Å². The minimum absolute atomic E-state index is 0.0647. The van der Waals surface area contributed by atoms with E-state index in [2.05, 4.69) is 15.5 Å². The number of nitrogens with zero attached hydrogens (tertiary/aromatic N) is 2. The van der Waals surface area contributed by atoms with Crippen molar-refractivity contribution in [1.82, 2.24) is 10.2 Å². The highest BCUT2D eigenvalue weighted by Crippen LogP contribution is 2.20. The largest absolute Gasteiger partial charge is 0.483 e. The molecule has 1 aromatic carbocycles. The van der Waals surface area contributed by atoms with Gasteiger partial charge < -0.3 is 9.15 Å². The number of hydrogen-bond acceptors (Lipinski definition) is 6. The lowest BCUT2D eigenvalue weighted by atomic mass is 10.3. The van der Waals surface area contributed by atoms with Gasteiger partial charge in [-0.25, -0.2) is 4.39 Å². The van der Waals surface area contributed by atoms with Crippen LogP contribution in [0, 0.1) is 5.82 Å². The molecule has 0 aliphatic rings. The van der Waals surface area contributed by atoms with E-state index < -0.39 is 11.7 Å². The fraction of sp³-hybridized carbons (Fsp3) is 0.0714. The van der Waals surface area contributed by atoms with Crippen LogP contribution in [-0.2, 0) is 6.61 Å². The topological polar surface area (TPSA) is 77.2 Å². The second-order valence-electron chi connectivity index (χ2n) is 4.15. The van der Waals surface area contributed by atoms with Crippen LogP contribution in [0.1, 0.15) is 15.6 Å². The molecule has 0 saturated carbocycles. The number of nitrogens with one attached hydrogen (secondary N) is 1. The average Bonchev–Trinajstić information content (AvgIpc) is 3.18. The number of carbonyl (C=O) groups is 1. The molecule has 0 aliphatic heterocycles. The maximum absolute atomic E-state index is 13.4. The van der Waals surface area contributed by atoms with Crippen LogP contribution < -0.4 is 10.1 Å². The van der Waals surface area contributed by atoms with Crippen LogP contribution in [0.5, 0.6) is 5.75 Å². The van der Waals surface area contributed by atoms with Crippen molar-refractivity contribution in [3.8, 4) is 5.75 Å². The molecule has 0 radical (unpaired) electrons. The van der Waals surface area contributed by atoms with E-state index in [-0.39, 0.29) is 18.1 Å². The Morgan fingerprint density at radius 3 is 2.91 bits per heavy atom. The third kappa shape index (κ3) is 3.29. The summed E-state index contributed by atoms with van der Waals surface area (Å²) in [7, 11) is 0. The third-order valence-corrected chi connectivity index (χ3v) is 3.43. The lowest BCUT2D eigenvalue weighted by Gasteiger charge is -2.03. The minimum Gasteiger partial charge on any atom is -0.483 e. The highest BCUT2D eigenvalue weighted by Gasteiger charge is 2.12. The average molecular weight is 319 g/mol. The molecule has 3 rings (SSSR count). The first-order valence-electron chi connectivity index (χ1n) is 6.27. The van der Waals surface area contributed by atoms with Gasteiger partial charge in [-0.15, -0.1) is 10.2 Å². The van der Waals surface area contributed by atoms with E-state index in [1.165, 1.54) is 18.4 Å². The number of rotatable bonds is 5. The van der Waals surface area contributed by atoms with E-state index in [1.807, 2.05) is 0 Å². The summed E-state index contributed by atoms with van der Waals surface area (Å²) in [5.41, 5.74) is 0. The van der Waals surface area contributed by atoms with Gasteiger partial charge in [0, 0.05) is 0 Å². The maximum Gasteiger partial charge on any atom is 0.293 e. The Bertz CT molecular complexity index is 773. The molecular weight excluding hydrogens is 309 g/mol. The standard InChI is InChI=1S/C14H10FN3O3S/c15-9-4-1-2-5-10(9)21-8-12-17-18-14(22-12)16-13(19)11-6-3-7-20-11/h1-7H,8H2,(H,16,18,19). The number of hydrogen-bond donors (Lipinski definition) is 1. The summed E-state index contributed by atoms with van der Waals surface area (Å²) < 4.78 is 23.7. The Hall–Kier alpha value is -2.74. The van der Waals surface area contributed by atoms with Crippen molar-refractivity contribution in [1.29, 1.82) is 0 Å². The summed E-state index contributed by atoms with van der Waals surface area (Å²) in [6.45, 7) is 0.0647. The highest BCUT2D eigenvalue weighted by molar-refractivity contribution is 7.15. The van der Waals surface area contributed by atoms with Gasteiger partial charge in [-0.2, -0.15) is 0 Å². The first-order chi connectivity index (χ1) is 10.7. The van der Waals surface area contributed by atoms with Crippen LogP contribution in [0.2, 0.25) is 0 Å². The summed E-state index contributed by atoms with van der Waals surface area (Å²) in [4.78, 5) is 11.8. The summed E-state index contributed by atoms with van der Waals surface area (Å²) in [5, 5.41) is 11.1. The molecule has 2 aromatic heterocycles. The number of para-hydroxylation sites is 1. The third-order valence-electron chi connectivity index (χ3n) is 2.62. The zero-order valence-electron chi connectivity index (χ0n) is 11.2. The van der Waals surface area contributed by atoms with Gasteiger partial charge in [0.1, 0.15) is 6.61 Å². The fourth-order valence-corrected chi connectivity index (χ4v) is 2.28. The summed E-state index contributed by atoms with van der Waals surface area (Å²) in [5.74, 6) is -0.542. The molecule has 1 N–H and O–H groups in total. The van der Waals surface area contributed by atoms with Gasteiger partial charge in [-0.3, -0.25) is 10.1 Å². The molecule has 0 atom stereocenters. The van der Waals surface area contributed by atoms with E-state index in [4.69, 9.17) is 9.15 Å². The van der Waals surface area contributed by atoms with Gasteiger partial charge >= 0.3 is 0 Å². The molecule has 22 heavy (non-hydrogen) atoms. The number of ether oxygens (including phenoxy) is 1. The van der Waals surface area contributed by atoms with Gasteiger partial charge in [-0.1, -0.05) is 23.5 Å². The molecule has 3 aromatic rings. The molecule has 6 nitrogen and oxygen atoms in total. The van der Waals surface area contributed by atoms with E-state index in [0.717, 1.165) is 11.3 Å². The Kier molecular flexibility index (Phi) is 4.10. The summed E-state index contributed by atoms with van der Waals surface area (Å²) in [6, 6.07) is 9.24. The SMILES string of the molecule is O=C(Nc1nnc(COc2ccccc2F)s1)c1ccco1. The second-order valence-corrected chi connectivity index (χ2v) is 5.21. The number of amides is 1. The van der Waals surface area contributed by atoms with Crippen molar-refractivity contribution in [3.63, 3.8) is 0 Å². The predicted octanol–water partition coefficient (Wildman–Crippen LogP) is 3.10. The molecule has 1 amide bonds. The quantitative estimate of drug-likeness (QED) is 0.782. The zero-order valence-corrected chi connectivity index (χ0v) is 12.0. The van der Waals surface area contributed by atoms with Crippen molar-refractivity contribution in [2.24, 2.45) is 0 Å². The van der Waals surface area contributed by atoms with Crippen LogP contribution in [0.4, 0.5) is 9.52 Å². The molecule has 0 bridgehead atoms. The Morgan fingerprint density at radius 2 is 2.14 bits per heavy atom. The lowest BCUT2D eigenvalue weighted by Crippen LogP contribution is -2.10. The van der Waals surface area contributed by atoms with Crippen LogP contribution in [0.15, 0.2) is 47.1 Å². The molecule has 8 heteroatoms. The molecular formula is C14H10FN3O3S. The van der Waals surface area contributed by atoms with Gasteiger partial charge in [0.2, 0.25) is 5.13 Å². The van der Waals surface area contributed by atoms with E-state index in [1.54, 1.807) is 24.3 Å². The number of aromatic nitrogens is 2. The molecule has 112 valence electrons. The van der Waals surface area contributed by atoms with Crippen molar-refractivity contribution in [2.75, 3.05) is 5.32 Å². The van der Waals surface area contributed by atoms with Gasteiger partial charge in [0.05, 0.1) is 6.26 Å². The molecule has 0 spiro atoms. The normalized spacial score (nSPS) is 10.4. The first-order valence-corrected chi connectivity index (χ1v) is 7.08. The first kappa shape index (κ1) is 14.2. The summed E-state index contributed by atoms with van der Waals surface area (Å²) >= 11 is 1.14. The van der Waals surface area contributed by atoms with Crippen molar-refractivity contribution < 1.29 is 18.3 Å². The van der Waals surface area contributed by atoms with Gasteiger partial charge in [0.25, 0.3) is 5.91 Å². The second kappa shape index (κ2) is 6.35. The molecule has 0 unspecified atom stereocenters. The maximum atomic E-state index is 13.4. The Labute approximate surface area is 128 Å². The van der Waals surface area contributed by atoms with Gasteiger partial charge in [-0.05, 0) is 24.3 Å². The molecule has 0 fully saturated rings. The number of halogens is 1. The van der Waals surface area contributed by atoms with Crippen molar-refractivity contribution >= 4 is 22.4 Å². The van der Waals surface area contributed by atoms with E-state index >= 15 is 0 Å². The number of benzene rings is 1. The fourth-order valence-electron chi connectivity index (χ4n) is 1.63. The minimum atomic E-state index is -0.446. The molecule has 0 aliphatic carbocycles. The summed E-state index contributed by atoms with van der Waals surface area (Å²) in [6.07, 6.45) is 1.41. The highest BCUT2D eigenvalue weighted by atomic mass is 32.1. The van der Waals surface area contributed by atoms with Gasteiger partial charge in [0.15, 0.2) is 22.3 Å². The number of anilines is 1. The van der Waals surface area contributed by atoms with Crippen LogP contribution in [0.25, 0.3) is 0 Å². The Morgan fingerprint density at radius 1 is 1.27 bits per heavy atom. The van der Waals surface area contributed by atoms with E-state index in [9.17, 15) is 9.18 Å². The number of carbonyl (C=O) groups excluding carboxylic acids is 1. The smallest absolute Gasteiger partial charge is 0.293 e. The van der Waals surface area contributed by atoms with E-state index in [0.29, 0.717) is 10.1 Å². The molecule has 2 heterocycles. The lowest BCUT2D eigenvalue weighted by molar-refractivity contribution is 0.0996. The predicted molar refractivity (Wildman–Crippen MR) is 77.3 cm³/mol. The van der Waals surface area contributed by atoms with Crippen LogP contribution >= 0.6 is 11.3 Å². The zero-order chi connectivity index (χ0) is 15.4. The monoisotopic (exact) mass is 319 g/mol. The Balaban J connectivity index is 1.60. The number of furan rings is 1. The van der Waals surface area contributed by atoms with Crippen LogP contribution in [-0.4, -0.2) is 16.1 Å².